The monoisotopic (exact) mass is 581 g/mol. The third-order valence-corrected chi connectivity index (χ3v) is 6.67. The van der Waals surface area contributed by atoms with Crippen LogP contribution in [0.2, 0.25) is 0 Å². The lowest BCUT2D eigenvalue weighted by Gasteiger charge is -2.11. The van der Waals surface area contributed by atoms with E-state index in [0.29, 0.717) is 21.8 Å². The fraction of sp³-hybridized carbons (Fsp3) is 0.107. The molecule has 1 aliphatic rings. The number of nitrogens with zero attached hydrogens (tertiary/aromatic N) is 1. The summed E-state index contributed by atoms with van der Waals surface area (Å²) in [6.45, 7) is 1.93. The van der Waals surface area contributed by atoms with Crippen LogP contribution in [0, 0.1) is 5.82 Å². The molecule has 0 spiro atoms. The molecule has 9 heteroatoms. The molecule has 1 heterocycles. The van der Waals surface area contributed by atoms with Crippen molar-refractivity contribution in [3.63, 3.8) is 0 Å². The molecule has 4 rings (SSSR count). The van der Waals surface area contributed by atoms with Gasteiger partial charge >= 0.3 is 5.97 Å². The van der Waals surface area contributed by atoms with Gasteiger partial charge in [-0.25, -0.2) is 14.2 Å². The van der Waals surface area contributed by atoms with Crippen molar-refractivity contribution in [2.75, 3.05) is 6.61 Å². The first kappa shape index (κ1) is 26.4. The third kappa shape index (κ3) is 6.55. The number of ether oxygens (including phenoxy) is 2. The molecule has 0 aliphatic carbocycles. The van der Waals surface area contributed by atoms with E-state index in [2.05, 4.69) is 20.9 Å². The Morgan fingerprint density at radius 1 is 1.08 bits per heavy atom. The summed E-state index contributed by atoms with van der Waals surface area (Å²) < 4.78 is 25.0. The fourth-order valence-electron chi connectivity index (χ4n) is 3.38. The van der Waals surface area contributed by atoms with Crippen LogP contribution in [0.3, 0.4) is 0 Å². The van der Waals surface area contributed by atoms with Crippen LogP contribution >= 0.6 is 27.7 Å². The minimum absolute atomic E-state index is 0.0415. The van der Waals surface area contributed by atoms with Gasteiger partial charge in [0.1, 0.15) is 34.5 Å². The van der Waals surface area contributed by atoms with E-state index in [9.17, 15) is 19.1 Å². The van der Waals surface area contributed by atoms with Crippen LogP contribution < -0.4 is 4.74 Å². The number of aliphatic hydroxyl groups excluding tert-OH is 1. The number of carbonyl (C=O) groups is 2. The number of halogens is 2. The van der Waals surface area contributed by atoms with E-state index in [1.807, 2.05) is 0 Å². The highest BCUT2D eigenvalue weighted by molar-refractivity contribution is 9.10. The quantitative estimate of drug-likeness (QED) is 0.306. The zero-order valence-electron chi connectivity index (χ0n) is 19.6. The molecule has 1 aliphatic heterocycles. The first-order valence-electron chi connectivity index (χ1n) is 11.2. The normalized spacial score (nSPS) is 15.3. The average Bonchev–Trinajstić information content (AvgIpc) is 3.19. The standard InChI is InChI=1S/C28H21BrFNO5S/c1-2-35-28(34)24-25(32)23(37-27(24)31-26(33)18-6-4-3-5-7-18)15-19-14-20(29)10-13-22(19)36-16-17-8-11-21(30)12-9-17/h3-15,32H,2,16H2,1H3/b23-15-,31-27?. The number of rotatable bonds is 7. The number of esters is 1. The molecule has 0 unspecified atom stereocenters. The lowest BCUT2D eigenvalue weighted by Crippen LogP contribution is -2.14. The smallest absolute Gasteiger partial charge is 0.344 e. The van der Waals surface area contributed by atoms with Gasteiger partial charge in [0.15, 0.2) is 0 Å². The lowest BCUT2D eigenvalue weighted by atomic mass is 10.1. The van der Waals surface area contributed by atoms with Crippen LogP contribution in [-0.4, -0.2) is 28.6 Å². The molecular formula is C28H21BrFNO5S. The van der Waals surface area contributed by atoms with Gasteiger partial charge in [-0.15, -0.1) is 0 Å². The van der Waals surface area contributed by atoms with E-state index in [1.165, 1.54) is 12.1 Å². The van der Waals surface area contributed by atoms with Crippen LogP contribution in [0.1, 0.15) is 28.4 Å². The van der Waals surface area contributed by atoms with Crippen molar-refractivity contribution < 1.29 is 28.6 Å². The summed E-state index contributed by atoms with van der Waals surface area (Å²) >= 11 is 4.42. The van der Waals surface area contributed by atoms with E-state index < -0.39 is 11.9 Å². The molecule has 0 atom stereocenters. The summed E-state index contributed by atoms with van der Waals surface area (Å²) in [7, 11) is 0. The largest absolute Gasteiger partial charge is 0.506 e. The Bertz CT molecular complexity index is 1420. The number of hydrogen-bond donors (Lipinski definition) is 1. The van der Waals surface area contributed by atoms with Crippen LogP contribution in [-0.2, 0) is 16.1 Å². The highest BCUT2D eigenvalue weighted by atomic mass is 79.9. The summed E-state index contributed by atoms with van der Waals surface area (Å²) in [4.78, 5) is 29.8. The molecular weight excluding hydrogens is 561 g/mol. The molecule has 3 aromatic carbocycles. The second-order valence-electron chi connectivity index (χ2n) is 7.74. The summed E-state index contributed by atoms with van der Waals surface area (Å²) in [6, 6.07) is 19.7. The Morgan fingerprint density at radius 2 is 1.81 bits per heavy atom. The predicted molar refractivity (Wildman–Crippen MR) is 145 cm³/mol. The van der Waals surface area contributed by atoms with Gasteiger partial charge in [0.25, 0.3) is 5.91 Å². The molecule has 0 fully saturated rings. The van der Waals surface area contributed by atoms with Gasteiger partial charge < -0.3 is 14.6 Å². The van der Waals surface area contributed by atoms with Crippen molar-refractivity contribution in [1.82, 2.24) is 0 Å². The van der Waals surface area contributed by atoms with Crippen molar-refractivity contribution >= 4 is 50.7 Å². The molecule has 0 radical (unpaired) electrons. The molecule has 0 saturated carbocycles. The maximum atomic E-state index is 13.2. The minimum Gasteiger partial charge on any atom is -0.506 e. The van der Waals surface area contributed by atoms with Crippen LogP contribution in [0.25, 0.3) is 6.08 Å². The van der Waals surface area contributed by atoms with E-state index in [1.54, 1.807) is 73.7 Å². The topological polar surface area (TPSA) is 85.2 Å². The Hall–Kier alpha value is -3.69. The van der Waals surface area contributed by atoms with Gasteiger partial charge in [-0.05, 0) is 61.0 Å². The number of amides is 1. The number of thioether (sulfide) groups is 1. The fourth-order valence-corrected chi connectivity index (χ4v) is 4.76. The number of benzene rings is 3. The van der Waals surface area contributed by atoms with Crippen LogP contribution in [0.15, 0.2) is 98.5 Å². The number of aliphatic imine (C=N–C) groups is 1. The van der Waals surface area contributed by atoms with Crippen molar-refractivity contribution in [3.05, 3.63) is 116 Å². The van der Waals surface area contributed by atoms with Crippen molar-refractivity contribution in [3.8, 4) is 5.75 Å². The second kappa shape index (κ2) is 12.0. The Morgan fingerprint density at radius 3 is 2.51 bits per heavy atom. The highest BCUT2D eigenvalue weighted by Crippen LogP contribution is 2.40. The number of aliphatic hydroxyl groups is 1. The van der Waals surface area contributed by atoms with Gasteiger partial charge in [0.2, 0.25) is 0 Å². The predicted octanol–water partition coefficient (Wildman–Crippen LogP) is 6.87. The van der Waals surface area contributed by atoms with Gasteiger partial charge in [-0.2, -0.15) is 0 Å². The third-order valence-electron chi connectivity index (χ3n) is 5.16. The zero-order chi connectivity index (χ0) is 26.4. The molecule has 37 heavy (non-hydrogen) atoms. The number of hydrogen-bond acceptors (Lipinski definition) is 6. The Labute approximate surface area is 225 Å². The van der Waals surface area contributed by atoms with Crippen molar-refractivity contribution in [1.29, 1.82) is 0 Å². The second-order valence-corrected chi connectivity index (χ2v) is 9.69. The van der Waals surface area contributed by atoms with E-state index in [4.69, 9.17) is 9.47 Å². The molecule has 0 bridgehead atoms. The van der Waals surface area contributed by atoms with Gasteiger partial charge in [-0.3, -0.25) is 4.79 Å². The van der Waals surface area contributed by atoms with Crippen LogP contribution in [0.5, 0.6) is 5.75 Å². The molecule has 188 valence electrons. The molecule has 1 amide bonds. The Kier molecular flexibility index (Phi) is 8.58. The van der Waals surface area contributed by atoms with E-state index in [0.717, 1.165) is 21.8 Å². The first-order chi connectivity index (χ1) is 17.9. The first-order valence-corrected chi connectivity index (χ1v) is 12.8. The molecule has 1 N–H and O–H groups in total. The summed E-state index contributed by atoms with van der Waals surface area (Å²) in [5, 5.41) is 11.0. The average molecular weight is 582 g/mol. The summed E-state index contributed by atoms with van der Waals surface area (Å²) in [5.74, 6) is -1.51. The van der Waals surface area contributed by atoms with Crippen molar-refractivity contribution in [2.24, 2.45) is 4.99 Å². The maximum Gasteiger partial charge on any atom is 0.344 e. The molecule has 0 aromatic heterocycles. The highest BCUT2D eigenvalue weighted by Gasteiger charge is 2.34. The Balaban J connectivity index is 1.68. The van der Waals surface area contributed by atoms with Crippen LogP contribution in [0.4, 0.5) is 4.39 Å². The van der Waals surface area contributed by atoms with Crippen molar-refractivity contribution in [2.45, 2.75) is 13.5 Å². The number of carbonyl (C=O) groups excluding carboxylic acids is 2. The van der Waals surface area contributed by atoms with Gasteiger partial charge in [-0.1, -0.05) is 58.0 Å². The van der Waals surface area contributed by atoms with Gasteiger partial charge in [0.05, 0.1) is 11.5 Å². The maximum absolute atomic E-state index is 13.2. The summed E-state index contributed by atoms with van der Waals surface area (Å²) in [6.07, 6.45) is 1.64. The minimum atomic E-state index is -0.780. The molecule has 0 saturated heterocycles. The zero-order valence-corrected chi connectivity index (χ0v) is 22.0. The SMILES string of the molecule is CCOC(=O)C1=C(O)/C(=C/c2cc(Br)ccc2OCc2ccc(F)cc2)SC1=NC(=O)c1ccccc1. The van der Waals surface area contributed by atoms with E-state index in [-0.39, 0.29) is 35.4 Å². The molecule has 6 nitrogen and oxygen atoms in total. The van der Waals surface area contributed by atoms with Gasteiger partial charge in [0, 0.05) is 15.6 Å². The summed E-state index contributed by atoms with van der Waals surface area (Å²) in [5.41, 5.74) is 1.55. The lowest BCUT2D eigenvalue weighted by molar-refractivity contribution is -0.138. The van der Waals surface area contributed by atoms with E-state index >= 15 is 0 Å². The molecule has 3 aromatic rings.